The van der Waals surface area contributed by atoms with E-state index in [9.17, 15) is 0 Å². The molecule has 3 nitrogen and oxygen atoms in total. The van der Waals surface area contributed by atoms with Crippen molar-refractivity contribution in [3.8, 4) is 5.75 Å². The van der Waals surface area contributed by atoms with Crippen molar-refractivity contribution in [2.75, 3.05) is 33.4 Å². The Morgan fingerprint density at radius 2 is 2.24 bits per heavy atom. The first-order valence-electron chi connectivity index (χ1n) is 6.26. The van der Waals surface area contributed by atoms with E-state index in [2.05, 4.69) is 23.5 Å². The molecule has 0 aliphatic carbocycles. The highest BCUT2D eigenvalue weighted by molar-refractivity contribution is 5.35. The highest BCUT2D eigenvalue weighted by Gasteiger charge is 2.39. The third-order valence-corrected chi connectivity index (χ3v) is 3.37. The number of hydrogen-bond donors (Lipinski definition) is 1. The summed E-state index contributed by atoms with van der Waals surface area (Å²) in [5.41, 5.74) is 1.53. The molecule has 0 bridgehead atoms. The maximum absolute atomic E-state index is 5.56. The van der Waals surface area contributed by atoms with E-state index in [1.54, 1.807) is 0 Å². The van der Waals surface area contributed by atoms with Crippen LogP contribution in [0.5, 0.6) is 5.75 Å². The van der Waals surface area contributed by atoms with E-state index < -0.39 is 0 Å². The average molecular weight is 235 g/mol. The fraction of sp³-hybridized carbons (Fsp3) is 0.571. The molecule has 0 amide bonds. The van der Waals surface area contributed by atoms with Crippen LogP contribution in [0.15, 0.2) is 24.3 Å². The predicted octanol–water partition coefficient (Wildman–Crippen LogP) is 1.96. The minimum atomic E-state index is 0.191. The van der Waals surface area contributed by atoms with Gasteiger partial charge in [0.2, 0.25) is 0 Å². The highest BCUT2D eigenvalue weighted by atomic mass is 16.5. The van der Waals surface area contributed by atoms with Gasteiger partial charge < -0.3 is 14.8 Å². The maximum Gasteiger partial charge on any atom is 0.119 e. The first-order valence-corrected chi connectivity index (χ1v) is 6.26. The van der Waals surface area contributed by atoms with Gasteiger partial charge in [-0.15, -0.1) is 0 Å². The van der Waals surface area contributed by atoms with E-state index in [0.717, 1.165) is 31.9 Å². The Morgan fingerprint density at radius 3 is 2.82 bits per heavy atom. The summed E-state index contributed by atoms with van der Waals surface area (Å²) < 4.78 is 11.0. The van der Waals surface area contributed by atoms with Gasteiger partial charge in [-0.25, -0.2) is 0 Å². The topological polar surface area (TPSA) is 30.5 Å². The molecule has 1 aromatic carbocycles. The van der Waals surface area contributed by atoms with Gasteiger partial charge in [-0.1, -0.05) is 12.1 Å². The van der Waals surface area contributed by atoms with E-state index in [0.29, 0.717) is 6.61 Å². The molecule has 0 unspecified atom stereocenters. The quantitative estimate of drug-likeness (QED) is 0.817. The van der Waals surface area contributed by atoms with E-state index in [-0.39, 0.29) is 5.41 Å². The fourth-order valence-electron chi connectivity index (χ4n) is 2.25. The van der Waals surface area contributed by atoms with Gasteiger partial charge in [-0.05, 0) is 44.6 Å². The summed E-state index contributed by atoms with van der Waals surface area (Å²) in [4.78, 5) is 0. The molecule has 94 valence electrons. The number of nitrogens with one attached hydrogen (secondary N) is 1. The van der Waals surface area contributed by atoms with Gasteiger partial charge in [0, 0.05) is 5.41 Å². The van der Waals surface area contributed by atoms with Crippen LogP contribution in [0.1, 0.15) is 18.9 Å². The third kappa shape index (κ3) is 2.61. The Balaban J connectivity index is 2.15. The summed E-state index contributed by atoms with van der Waals surface area (Å²) in [6.07, 6.45) is 1.11. The van der Waals surface area contributed by atoms with E-state index >= 15 is 0 Å². The number of benzene rings is 1. The second kappa shape index (κ2) is 5.52. The molecule has 1 saturated heterocycles. The summed E-state index contributed by atoms with van der Waals surface area (Å²) in [5, 5.41) is 3.21. The zero-order chi connectivity index (χ0) is 12.1. The molecule has 17 heavy (non-hydrogen) atoms. The Bertz CT molecular complexity index is 361. The smallest absolute Gasteiger partial charge is 0.119 e. The van der Waals surface area contributed by atoms with Crippen LogP contribution >= 0.6 is 0 Å². The van der Waals surface area contributed by atoms with Crippen molar-refractivity contribution < 1.29 is 9.47 Å². The minimum absolute atomic E-state index is 0.191. The molecule has 3 heteroatoms. The standard InChI is InChI=1S/C14H21NO2/c1-3-17-13-6-4-5-12(9-13)14(7-8-15-2)10-16-11-14/h4-6,9,15H,3,7-8,10-11H2,1-2H3. The van der Waals surface area contributed by atoms with Gasteiger partial charge in [0.15, 0.2) is 0 Å². The monoisotopic (exact) mass is 235 g/mol. The second-order valence-electron chi connectivity index (χ2n) is 4.59. The van der Waals surface area contributed by atoms with Gasteiger partial charge >= 0.3 is 0 Å². The Hall–Kier alpha value is -1.06. The highest BCUT2D eigenvalue weighted by Crippen LogP contribution is 2.36. The lowest BCUT2D eigenvalue weighted by Crippen LogP contribution is -2.48. The molecule has 1 aliphatic rings. The zero-order valence-corrected chi connectivity index (χ0v) is 10.7. The Labute approximate surface area is 103 Å². The molecule has 0 spiro atoms. The number of hydrogen-bond acceptors (Lipinski definition) is 3. The largest absolute Gasteiger partial charge is 0.494 e. The maximum atomic E-state index is 5.56. The van der Waals surface area contributed by atoms with Crippen LogP contribution in [0, 0.1) is 0 Å². The van der Waals surface area contributed by atoms with Crippen molar-refractivity contribution in [2.45, 2.75) is 18.8 Å². The van der Waals surface area contributed by atoms with E-state index in [4.69, 9.17) is 9.47 Å². The van der Waals surface area contributed by atoms with Gasteiger partial charge in [0.1, 0.15) is 5.75 Å². The molecule has 0 aromatic heterocycles. The van der Waals surface area contributed by atoms with Crippen LogP contribution in [0.4, 0.5) is 0 Å². The number of rotatable bonds is 6. The number of ether oxygens (including phenoxy) is 2. The molecule has 1 fully saturated rings. The van der Waals surface area contributed by atoms with Crippen molar-refractivity contribution in [3.05, 3.63) is 29.8 Å². The van der Waals surface area contributed by atoms with Gasteiger partial charge in [-0.2, -0.15) is 0 Å². The molecular weight excluding hydrogens is 214 g/mol. The molecule has 1 aromatic rings. The van der Waals surface area contributed by atoms with E-state index in [1.165, 1.54) is 5.56 Å². The lowest BCUT2D eigenvalue weighted by Gasteiger charge is -2.42. The van der Waals surface area contributed by atoms with Gasteiger partial charge in [-0.3, -0.25) is 0 Å². The normalized spacial score (nSPS) is 17.5. The van der Waals surface area contributed by atoms with Crippen LogP contribution in [0.25, 0.3) is 0 Å². The summed E-state index contributed by atoms with van der Waals surface area (Å²) >= 11 is 0. The molecular formula is C14H21NO2. The van der Waals surface area contributed by atoms with Gasteiger partial charge in [0.05, 0.1) is 19.8 Å². The van der Waals surface area contributed by atoms with Crippen LogP contribution < -0.4 is 10.1 Å². The molecule has 2 rings (SSSR count). The summed E-state index contributed by atoms with van der Waals surface area (Å²) in [5.74, 6) is 0.959. The second-order valence-corrected chi connectivity index (χ2v) is 4.59. The van der Waals surface area contributed by atoms with Crippen LogP contribution in [-0.2, 0) is 10.2 Å². The first-order chi connectivity index (χ1) is 8.30. The molecule has 0 atom stereocenters. The molecule has 1 heterocycles. The average Bonchev–Trinajstić information content (AvgIpc) is 2.29. The predicted molar refractivity (Wildman–Crippen MR) is 68.7 cm³/mol. The van der Waals surface area contributed by atoms with Crippen LogP contribution in [0.2, 0.25) is 0 Å². The SMILES string of the molecule is CCOc1cccc(C2(CCNC)COC2)c1. The third-order valence-electron chi connectivity index (χ3n) is 3.37. The van der Waals surface area contributed by atoms with E-state index in [1.807, 2.05) is 20.0 Å². The van der Waals surface area contributed by atoms with Crippen LogP contribution in [-0.4, -0.2) is 33.4 Å². The van der Waals surface area contributed by atoms with Crippen molar-refractivity contribution in [2.24, 2.45) is 0 Å². The lowest BCUT2D eigenvalue weighted by molar-refractivity contribution is -0.0638. The van der Waals surface area contributed by atoms with Gasteiger partial charge in [0.25, 0.3) is 0 Å². The summed E-state index contributed by atoms with van der Waals surface area (Å²) in [6, 6.07) is 8.42. The lowest BCUT2D eigenvalue weighted by atomic mass is 9.76. The summed E-state index contributed by atoms with van der Waals surface area (Å²) in [6.45, 7) is 5.39. The molecule has 1 N–H and O–H groups in total. The zero-order valence-electron chi connectivity index (χ0n) is 10.7. The molecule has 1 aliphatic heterocycles. The van der Waals surface area contributed by atoms with Crippen molar-refractivity contribution in [3.63, 3.8) is 0 Å². The first kappa shape index (κ1) is 12.4. The Kier molecular flexibility index (Phi) is 4.02. The van der Waals surface area contributed by atoms with Crippen molar-refractivity contribution in [1.29, 1.82) is 0 Å². The van der Waals surface area contributed by atoms with Crippen molar-refractivity contribution in [1.82, 2.24) is 5.32 Å². The fourth-order valence-corrected chi connectivity index (χ4v) is 2.25. The van der Waals surface area contributed by atoms with Crippen molar-refractivity contribution >= 4 is 0 Å². The Morgan fingerprint density at radius 1 is 1.41 bits per heavy atom. The minimum Gasteiger partial charge on any atom is -0.494 e. The molecule has 0 saturated carbocycles. The van der Waals surface area contributed by atoms with Crippen LogP contribution in [0.3, 0.4) is 0 Å². The molecule has 0 radical (unpaired) electrons. The summed E-state index contributed by atoms with van der Waals surface area (Å²) in [7, 11) is 1.99.